The van der Waals surface area contributed by atoms with Crippen molar-refractivity contribution >= 4 is 5.91 Å². The van der Waals surface area contributed by atoms with Gasteiger partial charge < -0.3 is 24.0 Å². The summed E-state index contributed by atoms with van der Waals surface area (Å²) in [6.07, 6.45) is 9.76. The van der Waals surface area contributed by atoms with Crippen molar-refractivity contribution in [2.75, 3.05) is 19.9 Å². The molecule has 0 unspecified atom stereocenters. The Morgan fingerprint density at radius 3 is 2.73 bits per heavy atom. The highest BCUT2D eigenvalue weighted by molar-refractivity contribution is 5.94. The number of carbonyl (C=O) groups excluding carboxylic acids is 1. The largest absolute Gasteiger partial charge is 0.454 e. The number of aliphatic hydroxyl groups is 1. The van der Waals surface area contributed by atoms with Gasteiger partial charge >= 0.3 is 0 Å². The van der Waals surface area contributed by atoms with E-state index in [1.807, 2.05) is 24.3 Å². The van der Waals surface area contributed by atoms with Gasteiger partial charge in [0.15, 0.2) is 23.0 Å². The molecule has 2 aliphatic carbocycles. The minimum absolute atomic E-state index is 0.0282. The molecule has 1 amide bonds. The predicted molar refractivity (Wildman–Crippen MR) is 107 cm³/mol. The maximum atomic E-state index is 12.8. The Balaban J connectivity index is 1.11. The van der Waals surface area contributed by atoms with Crippen LogP contribution < -0.4 is 9.47 Å². The first kappa shape index (κ1) is 17.8. The highest BCUT2D eigenvalue weighted by Crippen LogP contribution is 2.57. The third-order valence-electron chi connectivity index (χ3n) is 6.59. The summed E-state index contributed by atoms with van der Waals surface area (Å²) in [6, 6.07) is 7.15. The van der Waals surface area contributed by atoms with Gasteiger partial charge in [-0.3, -0.25) is 4.79 Å². The van der Waals surface area contributed by atoms with Crippen molar-refractivity contribution in [3.05, 3.63) is 53.8 Å². The monoisotopic (exact) mass is 406 g/mol. The SMILES string of the molecule is O=C(c1cc(-c2ccc3c(c2)OCO3)on1)N1CC2(C1)CC(O)(C1=CCCC=C1)C2. The summed E-state index contributed by atoms with van der Waals surface area (Å²) in [5.74, 6) is 1.73. The summed E-state index contributed by atoms with van der Waals surface area (Å²) >= 11 is 0. The van der Waals surface area contributed by atoms with Gasteiger partial charge in [-0.05, 0) is 49.5 Å². The van der Waals surface area contributed by atoms with Crippen LogP contribution in [-0.2, 0) is 0 Å². The molecule has 1 saturated heterocycles. The molecule has 3 heterocycles. The molecule has 4 aliphatic rings. The summed E-state index contributed by atoms with van der Waals surface area (Å²) in [6.45, 7) is 1.51. The molecule has 0 radical (unpaired) electrons. The zero-order chi connectivity index (χ0) is 20.3. The van der Waals surface area contributed by atoms with E-state index in [2.05, 4.69) is 17.3 Å². The Hall–Kier alpha value is -3.06. The molecule has 7 nitrogen and oxygen atoms in total. The van der Waals surface area contributed by atoms with Crippen LogP contribution in [0, 0.1) is 5.41 Å². The number of benzene rings is 1. The van der Waals surface area contributed by atoms with Crippen LogP contribution in [0.3, 0.4) is 0 Å². The first-order valence-electron chi connectivity index (χ1n) is 10.3. The number of hydrogen-bond donors (Lipinski definition) is 1. The van der Waals surface area contributed by atoms with E-state index in [4.69, 9.17) is 14.0 Å². The number of aromatic nitrogens is 1. The lowest BCUT2D eigenvalue weighted by Crippen LogP contribution is -2.69. The average Bonchev–Trinajstić information content (AvgIpc) is 3.38. The lowest BCUT2D eigenvalue weighted by molar-refractivity contribution is -0.158. The smallest absolute Gasteiger partial charge is 0.276 e. The molecular weight excluding hydrogens is 384 g/mol. The third kappa shape index (κ3) is 2.69. The predicted octanol–water partition coefficient (Wildman–Crippen LogP) is 3.31. The molecule has 2 aromatic rings. The second-order valence-corrected chi connectivity index (χ2v) is 8.83. The van der Waals surface area contributed by atoms with E-state index in [1.165, 1.54) is 0 Å². The summed E-state index contributed by atoms with van der Waals surface area (Å²) in [5.41, 5.74) is 1.41. The highest BCUT2D eigenvalue weighted by atomic mass is 16.7. The Bertz CT molecular complexity index is 1080. The molecule has 2 fully saturated rings. The second-order valence-electron chi connectivity index (χ2n) is 8.83. The number of allylic oxidation sites excluding steroid dienone is 2. The highest BCUT2D eigenvalue weighted by Gasteiger charge is 2.61. The van der Waals surface area contributed by atoms with E-state index < -0.39 is 5.60 Å². The van der Waals surface area contributed by atoms with Gasteiger partial charge in [-0.1, -0.05) is 23.4 Å². The summed E-state index contributed by atoms with van der Waals surface area (Å²) < 4.78 is 16.1. The van der Waals surface area contributed by atoms with Gasteiger partial charge in [0.25, 0.3) is 5.91 Å². The van der Waals surface area contributed by atoms with Gasteiger partial charge in [0.2, 0.25) is 6.79 Å². The van der Waals surface area contributed by atoms with Crippen molar-refractivity contribution in [2.45, 2.75) is 31.3 Å². The Kier molecular flexibility index (Phi) is 3.68. The van der Waals surface area contributed by atoms with E-state index in [9.17, 15) is 9.90 Å². The van der Waals surface area contributed by atoms with Crippen LogP contribution in [0.5, 0.6) is 11.5 Å². The van der Waals surface area contributed by atoms with Crippen LogP contribution in [0.2, 0.25) is 0 Å². The Morgan fingerprint density at radius 2 is 1.93 bits per heavy atom. The van der Waals surface area contributed by atoms with E-state index in [0.717, 1.165) is 24.0 Å². The number of carbonyl (C=O) groups is 1. The fourth-order valence-electron chi connectivity index (χ4n) is 5.21. The minimum atomic E-state index is -0.730. The lowest BCUT2D eigenvalue weighted by atomic mass is 9.53. The summed E-state index contributed by atoms with van der Waals surface area (Å²) in [4.78, 5) is 14.6. The van der Waals surface area contributed by atoms with Gasteiger partial charge in [0.05, 0.1) is 5.60 Å². The number of hydrogen-bond acceptors (Lipinski definition) is 6. The quantitative estimate of drug-likeness (QED) is 0.842. The van der Waals surface area contributed by atoms with Crippen molar-refractivity contribution in [3.63, 3.8) is 0 Å². The van der Waals surface area contributed by atoms with E-state index in [-0.39, 0.29) is 18.1 Å². The molecular formula is C23H22N2O5. The van der Waals surface area contributed by atoms with Crippen molar-refractivity contribution in [1.29, 1.82) is 0 Å². The molecule has 0 atom stereocenters. The summed E-state index contributed by atoms with van der Waals surface area (Å²) in [7, 11) is 0. The molecule has 2 aliphatic heterocycles. The van der Waals surface area contributed by atoms with Crippen molar-refractivity contribution in [3.8, 4) is 22.8 Å². The fourth-order valence-corrected chi connectivity index (χ4v) is 5.21. The average molecular weight is 406 g/mol. The molecule has 1 aromatic carbocycles. The first-order valence-corrected chi connectivity index (χ1v) is 10.3. The van der Waals surface area contributed by atoms with E-state index in [1.54, 1.807) is 11.0 Å². The third-order valence-corrected chi connectivity index (χ3v) is 6.59. The number of rotatable bonds is 3. The van der Waals surface area contributed by atoms with Crippen LogP contribution in [-0.4, -0.2) is 46.6 Å². The van der Waals surface area contributed by atoms with Crippen LogP contribution in [0.25, 0.3) is 11.3 Å². The fraction of sp³-hybridized carbons (Fsp3) is 0.391. The van der Waals surface area contributed by atoms with Crippen molar-refractivity contribution in [1.82, 2.24) is 10.1 Å². The molecule has 154 valence electrons. The molecule has 1 N–H and O–H groups in total. The van der Waals surface area contributed by atoms with E-state index in [0.29, 0.717) is 48.9 Å². The second kappa shape index (κ2) is 6.22. The number of likely N-dealkylation sites (tertiary alicyclic amines) is 1. The normalized spacial score (nSPS) is 22.4. The summed E-state index contributed by atoms with van der Waals surface area (Å²) in [5, 5.41) is 14.9. The number of amides is 1. The van der Waals surface area contributed by atoms with Crippen molar-refractivity contribution in [2.24, 2.45) is 5.41 Å². The zero-order valence-electron chi connectivity index (χ0n) is 16.5. The number of ether oxygens (including phenoxy) is 2. The van der Waals surface area contributed by atoms with Gasteiger partial charge in [-0.15, -0.1) is 0 Å². The number of nitrogens with zero attached hydrogens (tertiary/aromatic N) is 2. The molecule has 1 saturated carbocycles. The molecule has 1 aromatic heterocycles. The zero-order valence-corrected chi connectivity index (χ0v) is 16.5. The number of fused-ring (bicyclic) bond motifs is 1. The molecule has 1 spiro atoms. The Morgan fingerprint density at radius 1 is 1.10 bits per heavy atom. The molecule has 6 rings (SSSR count). The van der Waals surface area contributed by atoms with Crippen LogP contribution >= 0.6 is 0 Å². The first-order chi connectivity index (χ1) is 14.5. The van der Waals surface area contributed by atoms with Crippen LogP contribution in [0.4, 0.5) is 0 Å². The van der Waals surface area contributed by atoms with Gasteiger partial charge in [-0.25, -0.2) is 0 Å². The van der Waals surface area contributed by atoms with Gasteiger partial charge in [0, 0.05) is 30.1 Å². The standard InChI is InChI=1S/C23H22N2O5/c26-21(17-9-19(30-24-17)15-6-7-18-20(8-15)29-14-28-18)25-12-22(13-25)10-23(27,11-22)16-4-2-1-3-5-16/h2,4-9,27H,1,3,10-14H2. The minimum Gasteiger partial charge on any atom is -0.454 e. The van der Waals surface area contributed by atoms with E-state index >= 15 is 0 Å². The lowest BCUT2D eigenvalue weighted by Gasteiger charge is -2.62. The molecule has 0 bridgehead atoms. The molecule has 30 heavy (non-hydrogen) atoms. The van der Waals surface area contributed by atoms with Crippen LogP contribution in [0.15, 0.2) is 52.6 Å². The maximum absolute atomic E-state index is 12.8. The molecule has 7 heteroatoms. The Labute approximate surface area is 173 Å². The van der Waals surface area contributed by atoms with Crippen molar-refractivity contribution < 1.29 is 23.9 Å². The van der Waals surface area contributed by atoms with Gasteiger partial charge in [-0.2, -0.15) is 0 Å². The topological polar surface area (TPSA) is 85.0 Å². The van der Waals surface area contributed by atoms with Crippen LogP contribution in [0.1, 0.15) is 36.2 Å². The van der Waals surface area contributed by atoms with Gasteiger partial charge in [0.1, 0.15) is 0 Å². The maximum Gasteiger partial charge on any atom is 0.276 e.